The van der Waals surface area contributed by atoms with E-state index in [1.54, 1.807) is 16.7 Å². The Morgan fingerprint density at radius 2 is 1.27 bits per heavy atom. The Kier molecular flexibility index (Phi) is 5.99. The van der Waals surface area contributed by atoms with Gasteiger partial charge in [0.15, 0.2) is 0 Å². The fourth-order valence-corrected chi connectivity index (χ4v) is 11.5. The lowest BCUT2D eigenvalue weighted by atomic mass is 9.53. The summed E-state index contributed by atoms with van der Waals surface area (Å²) in [5.41, 5.74) is 18.3. The van der Waals surface area contributed by atoms with Crippen LogP contribution in [0.15, 0.2) is 121 Å². The number of hydrogen-bond donors (Lipinski definition) is 0. The van der Waals surface area contributed by atoms with Crippen molar-refractivity contribution in [3.63, 3.8) is 0 Å². The van der Waals surface area contributed by atoms with Crippen molar-refractivity contribution in [2.45, 2.75) is 70.1 Å². The summed E-state index contributed by atoms with van der Waals surface area (Å²) >= 11 is 1.88. The summed E-state index contributed by atoms with van der Waals surface area (Å²) in [5, 5.41) is 2.65. The van der Waals surface area contributed by atoms with Crippen LogP contribution in [0.3, 0.4) is 0 Å². The van der Waals surface area contributed by atoms with Gasteiger partial charge in [0.1, 0.15) is 0 Å². The number of nitrogens with zero attached hydrogens (tertiary/aromatic N) is 1. The first-order valence-electron chi connectivity index (χ1n) is 19.0. The molecule has 1 aromatic heterocycles. The monoisotopic (exact) mass is 689 g/mol. The topological polar surface area (TPSA) is 3.24 Å². The van der Waals surface area contributed by atoms with Crippen molar-refractivity contribution >= 4 is 54.6 Å². The Morgan fingerprint density at radius 1 is 0.577 bits per heavy atom. The number of benzene rings is 6. The molecule has 2 heteroatoms. The minimum absolute atomic E-state index is 0.0412. The molecule has 2 atom stereocenters. The lowest BCUT2D eigenvalue weighted by Gasteiger charge is -2.50. The van der Waals surface area contributed by atoms with E-state index in [4.69, 9.17) is 0 Å². The predicted octanol–water partition coefficient (Wildman–Crippen LogP) is 14.2. The summed E-state index contributed by atoms with van der Waals surface area (Å²) in [5.74, 6) is 1.29. The van der Waals surface area contributed by atoms with E-state index in [2.05, 4.69) is 174 Å². The van der Waals surface area contributed by atoms with Crippen molar-refractivity contribution in [3.8, 4) is 22.3 Å². The van der Waals surface area contributed by atoms with Crippen molar-refractivity contribution in [3.05, 3.63) is 155 Å². The highest BCUT2D eigenvalue weighted by Gasteiger charge is 2.54. The summed E-state index contributed by atoms with van der Waals surface area (Å²) < 4.78 is 2.67. The lowest BCUT2D eigenvalue weighted by Crippen LogP contribution is -2.44. The fourth-order valence-electron chi connectivity index (χ4n) is 10.5. The van der Waals surface area contributed by atoms with Crippen LogP contribution in [0.1, 0.15) is 87.3 Å². The van der Waals surface area contributed by atoms with Crippen molar-refractivity contribution < 1.29 is 0 Å². The standard InChI is InChI=1S/C50H43NS/c1-48(2)40-28-32(51(30-14-8-7-9-15-30)31-22-25-42-38(27-31)33-16-11-13-19-41(33)52-42)21-24-35(40)45-46(48)44-36(23-20-29-26-37(29)44)43-34-17-10-12-18-39(34)49(3,4)50(5,6)47(43)45/h7-25,27-29,37H,26H2,1-6H3. The summed E-state index contributed by atoms with van der Waals surface area (Å²) in [7, 11) is 0. The van der Waals surface area contributed by atoms with Gasteiger partial charge in [-0.1, -0.05) is 120 Å². The molecule has 7 aromatic rings. The Bertz CT molecular complexity index is 2700. The average Bonchev–Trinajstić information content (AvgIpc) is 3.81. The van der Waals surface area contributed by atoms with E-state index >= 15 is 0 Å². The predicted molar refractivity (Wildman–Crippen MR) is 223 cm³/mol. The van der Waals surface area contributed by atoms with Gasteiger partial charge in [0.05, 0.1) is 0 Å². The molecular formula is C50H43NS. The molecule has 0 saturated heterocycles. The van der Waals surface area contributed by atoms with Gasteiger partial charge in [-0.3, -0.25) is 0 Å². The Morgan fingerprint density at radius 3 is 2.12 bits per heavy atom. The first kappa shape index (κ1) is 30.7. The zero-order valence-corrected chi connectivity index (χ0v) is 31.7. The molecule has 4 aliphatic carbocycles. The van der Waals surface area contributed by atoms with Crippen LogP contribution >= 0.6 is 11.3 Å². The lowest BCUT2D eigenvalue weighted by molar-refractivity contribution is 0.299. The van der Waals surface area contributed by atoms with Gasteiger partial charge in [0.25, 0.3) is 0 Å². The molecule has 0 N–H and O–H groups in total. The Balaban J connectivity index is 1.18. The van der Waals surface area contributed by atoms with Crippen molar-refractivity contribution in [2.24, 2.45) is 5.92 Å². The smallest absolute Gasteiger partial charge is 0.0468 e. The van der Waals surface area contributed by atoms with Crippen LogP contribution in [-0.4, -0.2) is 0 Å². The van der Waals surface area contributed by atoms with E-state index in [0.717, 1.165) is 0 Å². The van der Waals surface area contributed by atoms with E-state index < -0.39 is 0 Å². The molecule has 52 heavy (non-hydrogen) atoms. The molecule has 1 heterocycles. The summed E-state index contributed by atoms with van der Waals surface area (Å²) in [6, 6.07) is 43.5. The molecule has 0 bridgehead atoms. The van der Waals surface area contributed by atoms with Crippen molar-refractivity contribution in [1.82, 2.24) is 0 Å². The largest absolute Gasteiger partial charge is 0.310 e. The first-order valence-corrected chi connectivity index (χ1v) is 19.8. The maximum absolute atomic E-state index is 2.54. The number of allylic oxidation sites excluding steroid dienone is 1. The van der Waals surface area contributed by atoms with E-state index in [9.17, 15) is 0 Å². The van der Waals surface area contributed by atoms with E-state index in [1.807, 2.05) is 11.3 Å². The zero-order valence-electron chi connectivity index (χ0n) is 30.8. The van der Waals surface area contributed by atoms with Gasteiger partial charge in [-0.15, -0.1) is 11.3 Å². The number of hydrogen-bond acceptors (Lipinski definition) is 2. The minimum Gasteiger partial charge on any atom is -0.310 e. The maximum atomic E-state index is 2.54. The molecule has 1 nitrogen and oxygen atoms in total. The third-order valence-electron chi connectivity index (χ3n) is 13.8. The number of rotatable bonds is 3. The SMILES string of the molecule is CC1(C)c2cc(N(c3ccccc3)c3ccc4sc5ccccc5c4c3)ccc2-c2c1c1c(c3c2C(C)(C)C(C)(C)c2ccccc2-3)C=CC2CC12. The molecule has 0 aliphatic heterocycles. The van der Waals surface area contributed by atoms with Gasteiger partial charge < -0.3 is 4.90 Å². The van der Waals surface area contributed by atoms with Crippen LogP contribution in [0.5, 0.6) is 0 Å². The minimum atomic E-state index is -0.148. The quantitative estimate of drug-likeness (QED) is 0.178. The van der Waals surface area contributed by atoms with Gasteiger partial charge in [0, 0.05) is 48.1 Å². The molecule has 2 unspecified atom stereocenters. The maximum Gasteiger partial charge on any atom is 0.0468 e. The van der Waals surface area contributed by atoms with E-state index in [-0.39, 0.29) is 16.2 Å². The molecule has 11 rings (SSSR count). The van der Waals surface area contributed by atoms with Gasteiger partial charge in [-0.25, -0.2) is 0 Å². The molecule has 1 fully saturated rings. The fraction of sp³-hybridized carbons (Fsp3) is 0.240. The number of para-hydroxylation sites is 1. The van der Waals surface area contributed by atoms with Gasteiger partial charge in [0.2, 0.25) is 0 Å². The highest BCUT2D eigenvalue weighted by molar-refractivity contribution is 7.25. The highest BCUT2D eigenvalue weighted by atomic mass is 32.1. The third kappa shape index (κ3) is 3.84. The number of thiophene rings is 1. The zero-order chi connectivity index (χ0) is 35.3. The molecular weight excluding hydrogens is 647 g/mol. The molecule has 0 amide bonds. The van der Waals surface area contributed by atoms with Crippen LogP contribution in [0.25, 0.3) is 48.5 Å². The Labute approximate surface area is 311 Å². The first-order chi connectivity index (χ1) is 25.1. The second-order valence-electron chi connectivity index (χ2n) is 17.3. The second-order valence-corrected chi connectivity index (χ2v) is 18.4. The molecule has 0 radical (unpaired) electrons. The van der Waals surface area contributed by atoms with Crippen molar-refractivity contribution in [2.75, 3.05) is 4.90 Å². The van der Waals surface area contributed by atoms with Crippen LogP contribution in [0.2, 0.25) is 0 Å². The molecule has 4 aliphatic rings. The highest BCUT2D eigenvalue weighted by Crippen LogP contribution is 2.67. The summed E-state index contributed by atoms with van der Waals surface area (Å²) in [4.78, 5) is 2.47. The van der Waals surface area contributed by atoms with Crippen LogP contribution in [0, 0.1) is 5.92 Å². The van der Waals surface area contributed by atoms with Gasteiger partial charge in [-0.2, -0.15) is 0 Å². The molecule has 254 valence electrons. The molecule has 6 aromatic carbocycles. The Hall–Kier alpha value is -4.92. The van der Waals surface area contributed by atoms with Crippen LogP contribution < -0.4 is 4.90 Å². The van der Waals surface area contributed by atoms with Crippen molar-refractivity contribution in [1.29, 1.82) is 0 Å². The third-order valence-corrected chi connectivity index (χ3v) is 15.0. The van der Waals surface area contributed by atoms with E-state index in [1.165, 1.54) is 82.6 Å². The average molecular weight is 690 g/mol. The number of anilines is 3. The van der Waals surface area contributed by atoms with E-state index in [0.29, 0.717) is 11.8 Å². The van der Waals surface area contributed by atoms with Crippen LogP contribution in [-0.2, 0) is 16.2 Å². The van der Waals surface area contributed by atoms with Gasteiger partial charge in [-0.05, 0) is 128 Å². The normalized spacial score (nSPS) is 20.4. The second kappa shape index (κ2) is 10.1. The molecule has 0 spiro atoms. The summed E-state index contributed by atoms with van der Waals surface area (Å²) in [6.07, 6.45) is 6.30. The van der Waals surface area contributed by atoms with Crippen LogP contribution in [0.4, 0.5) is 17.1 Å². The van der Waals surface area contributed by atoms with Gasteiger partial charge >= 0.3 is 0 Å². The number of fused-ring (bicyclic) bond motifs is 15. The summed E-state index contributed by atoms with van der Waals surface area (Å²) in [6.45, 7) is 15.0. The molecule has 1 saturated carbocycles.